The molecule has 1 aromatic carbocycles. The molecule has 5 nitrogen and oxygen atoms in total. The lowest BCUT2D eigenvalue weighted by Gasteiger charge is -2.14. The van der Waals surface area contributed by atoms with Crippen molar-refractivity contribution in [3.63, 3.8) is 0 Å². The van der Waals surface area contributed by atoms with Crippen LogP contribution in [0.5, 0.6) is 5.75 Å². The van der Waals surface area contributed by atoms with Crippen LogP contribution in [-0.2, 0) is 16.1 Å². The molecule has 0 aliphatic rings. The predicted octanol–water partition coefficient (Wildman–Crippen LogP) is 1.72. The molecule has 0 fully saturated rings. The Morgan fingerprint density at radius 3 is 2.86 bits per heavy atom. The van der Waals surface area contributed by atoms with Crippen molar-refractivity contribution in [1.82, 2.24) is 10.6 Å². The van der Waals surface area contributed by atoms with E-state index in [2.05, 4.69) is 17.6 Å². The van der Waals surface area contributed by atoms with Crippen molar-refractivity contribution in [3.05, 3.63) is 29.8 Å². The summed E-state index contributed by atoms with van der Waals surface area (Å²) < 4.78 is 10.5. The first kappa shape index (κ1) is 17.5. The van der Waals surface area contributed by atoms with Crippen LogP contribution in [0.1, 0.15) is 25.8 Å². The highest BCUT2D eigenvalue weighted by Crippen LogP contribution is 2.13. The highest BCUT2D eigenvalue weighted by atomic mass is 16.5. The van der Waals surface area contributed by atoms with Gasteiger partial charge in [0.2, 0.25) is 5.91 Å². The highest BCUT2D eigenvalue weighted by molar-refractivity contribution is 5.81. The number of nitrogens with one attached hydrogen (secondary N) is 2. The lowest BCUT2D eigenvalue weighted by molar-refractivity contribution is -0.122. The topological polar surface area (TPSA) is 59.6 Å². The Bertz CT molecular complexity index is 424. The number of benzene rings is 1. The molecule has 0 saturated carbocycles. The molecule has 5 heteroatoms. The maximum atomic E-state index is 11.8. The summed E-state index contributed by atoms with van der Waals surface area (Å²) in [6.07, 6.45) is 0.987. The summed E-state index contributed by atoms with van der Waals surface area (Å²) in [5.41, 5.74) is 1.10. The van der Waals surface area contributed by atoms with Crippen molar-refractivity contribution < 1.29 is 14.3 Å². The third-order valence-electron chi connectivity index (χ3n) is 2.98. The number of ether oxygens (including phenoxy) is 2. The Morgan fingerprint density at radius 2 is 2.14 bits per heavy atom. The van der Waals surface area contributed by atoms with Crippen molar-refractivity contribution in [2.45, 2.75) is 32.9 Å². The van der Waals surface area contributed by atoms with Crippen LogP contribution in [0.15, 0.2) is 24.3 Å². The minimum atomic E-state index is -0.248. The largest absolute Gasteiger partial charge is 0.494 e. The van der Waals surface area contributed by atoms with Crippen LogP contribution in [-0.4, -0.2) is 38.8 Å². The summed E-state index contributed by atoms with van der Waals surface area (Å²) in [6, 6.07) is 7.67. The number of hydrogen-bond acceptors (Lipinski definition) is 4. The van der Waals surface area contributed by atoms with E-state index < -0.39 is 0 Å². The molecule has 21 heavy (non-hydrogen) atoms. The number of carbonyl (C=O) groups is 1. The van der Waals surface area contributed by atoms with Crippen molar-refractivity contribution in [2.75, 3.05) is 26.9 Å². The summed E-state index contributed by atoms with van der Waals surface area (Å²) in [7, 11) is 1.61. The quantitative estimate of drug-likeness (QED) is 0.645. The SMILES string of the molecule is CCCOc1cccc(CNC(C)C(=O)NCCOC)c1. The molecule has 0 aliphatic carbocycles. The molecular formula is C16H26N2O3. The third kappa shape index (κ3) is 7.11. The molecule has 0 aliphatic heterocycles. The Morgan fingerprint density at radius 1 is 1.33 bits per heavy atom. The van der Waals surface area contributed by atoms with Gasteiger partial charge in [-0.05, 0) is 31.0 Å². The van der Waals surface area contributed by atoms with Crippen LogP contribution in [0.25, 0.3) is 0 Å². The van der Waals surface area contributed by atoms with Gasteiger partial charge < -0.3 is 20.1 Å². The Hall–Kier alpha value is -1.59. The molecule has 1 unspecified atom stereocenters. The van der Waals surface area contributed by atoms with Crippen LogP contribution in [0.4, 0.5) is 0 Å². The van der Waals surface area contributed by atoms with E-state index in [-0.39, 0.29) is 11.9 Å². The van der Waals surface area contributed by atoms with Gasteiger partial charge in [-0.3, -0.25) is 4.79 Å². The molecule has 0 spiro atoms. The zero-order valence-electron chi connectivity index (χ0n) is 13.1. The van der Waals surface area contributed by atoms with E-state index in [1.54, 1.807) is 7.11 Å². The van der Waals surface area contributed by atoms with Crippen LogP contribution >= 0.6 is 0 Å². The lowest BCUT2D eigenvalue weighted by atomic mass is 10.2. The van der Waals surface area contributed by atoms with E-state index in [9.17, 15) is 4.79 Å². The summed E-state index contributed by atoms with van der Waals surface area (Å²) in [5, 5.41) is 6.01. The van der Waals surface area contributed by atoms with Crippen LogP contribution in [0.2, 0.25) is 0 Å². The van der Waals surface area contributed by atoms with Gasteiger partial charge in [-0.25, -0.2) is 0 Å². The summed E-state index contributed by atoms with van der Waals surface area (Å²) in [4.78, 5) is 11.8. The van der Waals surface area contributed by atoms with Gasteiger partial charge in [0, 0.05) is 20.2 Å². The Kier molecular flexibility index (Phi) is 8.47. The second kappa shape index (κ2) is 10.2. The van der Waals surface area contributed by atoms with E-state index in [1.807, 2.05) is 31.2 Å². The van der Waals surface area contributed by atoms with E-state index in [0.717, 1.165) is 24.3 Å². The maximum absolute atomic E-state index is 11.8. The van der Waals surface area contributed by atoms with E-state index >= 15 is 0 Å². The average molecular weight is 294 g/mol. The van der Waals surface area contributed by atoms with Gasteiger partial charge in [0.05, 0.1) is 19.3 Å². The zero-order valence-corrected chi connectivity index (χ0v) is 13.1. The molecule has 2 N–H and O–H groups in total. The molecule has 1 rings (SSSR count). The predicted molar refractivity (Wildman–Crippen MR) is 83.4 cm³/mol. The minimum absolute atomic E-state index is 0.0227. The van der Waals surface area contributed by atoms with Gasteiger partial charge in [-0.15, -0.1) is 0 Å². The average Bonchev–Trinajstić information content (AvgIpc) is 2.51. The van der Waals surface area contributed by atoms with Crippen molar-refractivity contribution in [3.8, 4) is 5.75 Å². The van der Waals surface area contributed by atoms with Crippen molar-refractivity contribution in [2.24, 2.45) is 0 Å². The van der Waals surface area contributed by atoms with Gasteiger partial charge in [-0.1, -0.05) is 19.1 Å². The Labute approximate surface area is 127 Å². The van der Waals surface area contributed by atoms with Crippen LogP contribution in [0, 0.1) is 0 Å². The monoisotopic (exact) mass is 294 g/mol. The number of hydrogen-bond donors (Lipinski definition) is 2. The molecule has 0 radical (unpaired) electrons. The van der Waals surface area contributed by atoms with Crippen LogP contribution in [0.3, 0.4) is 0 Å². The first-order chi connectivity index (χ1) is 10.2. The van der Waals surface area contributed by atoms with Gasteiger partial charge in [-0.2, -0.15) is 0 Å². The molecular weight excluding hydrogens is 268 g/mol. The summed E-state index contributed by atoms with van der Waals surface area (Å²) in [6.45, 7) is 6.32. The van der Waals surface area contributed by atoms with Crippen LogP contribution < -0.4 is 15.4 Å². The van der Waals surface area contributed by atoms with Crippen molar-refractivity contribution >= 4 is 5.91 Å². The fourth-order valence-corrected chi connectivity index (χ4v) is 1.76. The maximum Gasteiger partial charge on any atom is 0.236 e. The van der Waals surface area contributed by atoms with Crippen molar-refractivity contribution in [1.29, 1.82) is 0 Å². The number of carbonyl (C=O) groups excluding carboxylic acids is 1. The van der Waals surface area contributed by atoms with Gasteiger partial charge in [0.15, 0.2) is 0 Å². The number of amides is 1. The van der Waals surface area contributed by atoms with E-state index in [4.69, 9.17) is 9.47 Å². The summed E-state index contributed by atoms with van der Waals surface area (Å²) >= 11 is 0. The smallest absolute Gasteiger partial charge is 0.236 e. The Balaban J connectivity index is 2.38. The fraction of sp³-hybridized carbons (Fsp3) is 0.562. The van der Waals surface area contributed by atoms with E-state index in [1.165, 1.54) is 0 Å². The molecule has 0 aromatic heterocycles. The molecule has 118 valence electrons. The van der Waals surface area contributed by atoms with Gasteiger partial charge in [0.1, 0.15) is 5.75 Å². The molecule has 1 atom stereocenters. The third-order valence-corrected chi connectivity index (χ3v) is 2.98. The molecule has 1 amide bonds. The molecule has 0 bridgehead atoms. The fourth-order valence-electron chi connectivity index (χ4n) is 1.76. The molecule has 1 aromatic rings. The normalized spacial score (nSPS) is 12.0. The first-order valence-corrected chi connectivity index (χ1v) is 7.39. The number of rotatable bonds is 10. The number of methoxy groups -OCH3 is 1. The first-order valence-electron chi connectivity index (χ1n) is 7.39. The second-order valence-electron chi connectivity index (χ2n) is 4.88. The second-order valence-corrected chi connectivity index (χ2v) is 4.88. The summed E-state index contributed by atoms with van der Waals surface area (Å²) in [5.74, 6) is 0.846. The molecule has 0 saturated heterocycles. The lowest BCUT2D eigenvalue weighted by Crippen LogP contribution is -2.42. The molecule has 0 heterocycles. The van der Waals surface area contributed by atoms with E-state index in [0.29, 0.717) is 19.7 Å². The zero-order chi connectivity index (χ0) is 15.5. The standard InChI is InChI=1S/C16H26N2O3/c1-4-9-21-15-7-5-6-14(11-15)12-18-13(2)16(19)17-8-10-20-3/h5-7,11,13,18H,4,8-10,12H2,1-3H3,(H,17,19). The minimum Gasteiger partial charge on any atom is -0.494 e. The van der Waals surface area contributed by atoms with Gasteiger partial charge in [0.25, 0.3) is 0 Å². The van der Waals surface area contributed by atoms with Gasteiger partial charge >= 0.3 is 0 Å². The highest BCUT2D eigenvalue weighted by Gasteiger charge is 2.11.